The SMILES string of the molecule is O=C(O)CCCc1cc2nc(C(F)(F)F)ccc2n1S(=O)(=O)c1ccccc1Cl. The second-order valence-corrected chi connectivity index (χ2v) is 8.34. The van der Waals surface area contributed by atoms with Crippen LogP contribution >= 0.6 is 11.6 Å². The Kier molecular flexibility index (Phi) is 5.59. The maximum Gasteiger partial charge on any atom is 0.433 e. The first-order chi connectivity index (χ1) is 13.5. The van der Waals surface area contributed by atoms with Crippen LogP contribution in [0, 0.1) is 0 Å². The zero-order chi connectivity index (χ0) is 21.4. The van der Waals surface area contributed by atoms with Crippen molar-refractivity contribution in [1.29, 1.82) is 0 Å². The van der Waals surface area contributed by atoms with Gasteiger partial charge in [-0.25, -0.2) is 17.4 Å². The number of carboxylic acids is 1. The van der Waals surface area contributed by atoms with Crippen LogP contribution in [-0.2, 0) is 27.4 Å². The molecule has 0 unspecified atom stereocenters. The lowest BCUT2D eigenvalue weighted by atomic mass is 10.2. The van der Waals surface area contributed by atoms with E-state index >= 15 is 0 Å². The highest BCUT2D eigenvalue weighted by Crippen LogP contribution is 2.33. The van der Waals surface area contributed by atoms with Crippen molar-refractivity contribution in [3.05, 3.63) is 58.9 Å². The quantitative estimate of drug-likeness (QED) is 0.608. The van der Waals surface area contributed by atoms with Crippen molar-refractivity contribution in [2.45, 2.75) is 30.3 Å². The topological polar surface area (TPSA) is 89.3 Å². The van der Waals surface area contributed by atoms with E-state index in [0.29, 0.717) is 6.07 Å². The number of hydrogen-bond acceptors (Lipinski definition) is 4. The first-order valence-corrected chi connectivity index (χ1v) is 10.1. The van der Waals surface area contributed by atoms with Gasteiger partial charge in [-0.15, -0.1) is 0 Å². The maximum absolute atomic E-state index is 13.2. The number of fused-ring (bicyclic) bond motifs is 1. The van der Waals surface area contributed by atoms with Gasteiger partial charge >= 0.3 is 12.1 Å². The summed E-state index contributed by atoms with van der Waals surface area (Å²) < 4.78 is 66.3. The molecular formula is C18H14ClF3N2O4S. The Morgan fingerprint density at radius 3 is 2.48 bits per heavy atom. The van der Waals surface area contributed by atoms with Crippen molar-refractivity contribution in [3.8, 4) is 0 Å². The van der Waals surface area contributed by atoms with Gasteiger partial charge in [0.15, 0.2) is 0 Å². The number of aromatic nitrogens is 2. The summed E-state index contributed by atoms with van der Waals surface area (Å²) in [4.78, 5) is 14.1. The van der Waals surface area contributed by atoms with E-state index in [1.54, 1.807) is 6.07 Å². The number of aryl methyl sites for hydroxylation is 1. The Hall–Kier alpha value is -2.59. The fourth-order valence-corrected chi connectivity index (χ4v) is 4.96. The van der Waals surface area contributed by atoms with Gasteiger partial charge in [0, 0.05) is 12.1 Å². The van der Waals surface area contributed by atoms with Crippen LogP contribution in [0.25, 0.3) is 11.0 Å². The molecule has 29 heavy (non-hydrogen) atoms. The molecular weight excluding hydrogens is 433 g/mol. The van der Waals surface area contributed by atoms with E-state index in [9.17, 15) is 26.4 Å². The highest BCUT2D eigenvalue weighted by atomic mass is 35.5. The number of carbonyl (C=O) groups is 1. The van der Waals surface area contributed by atoms with Gasteiger partial charge in [0.05, 0.1) is 16.1 Å². The predicted octanol–water partition coefficient (Wildman–Crippen LogP) is 4.35. The molecule has 3 aromatic rings. The molecule has 11 heteroatoms. The van der Waals surface area contributed by atoms with Crippen molar-refractivity contribution in [3.63, 3.8) is 0 Å². The van der Waals surface area contributed by atoms with Gasteiger partial charge in [0.1, 0.15) is 10.6 Å². The monoisotopic (exact) mass is 446 g/mol. The van der Waals surface area contributed by atoms with Crippen LogP contribution in [0.4, 0.5) is 13.2 Å². The van der Waals surface area contributed by atoms with Crippen molar-refractivity contribution >= 4 is 38.6 Å². The van der Waals surface area contributed by atoms with Gasteiger partial charge in [-0.05, 0) is 43.2 Å². The summed E-state index contributed by atoms with van der Waals surface area (Å²) in [6.07, 6.45) is -4.82. The minimum Gasteiger partial charge on any atom is -0.481 e. The van der Waals surface area contributed by atoms with Crippen LogP contribution in [0.3, 0.4) is 0 Å². The Bertz CT molecular complexity index is 1190. The number of alkyl halides is 3. The van der Waals surface area contributed by atoms with E-state index in [0.717, 1.165) is 10.0 Å². The third kappa shape index (κ3) is 4.23. The lowest BCUT2D eigenvalue weighted by molar-refractivity contribution is -0.141. The van der Waals surface area contributed by atoms with Gasteiger partial charge in [-0.3, -0.25) is 4.79 Å². The molecule has 1 N–H and O–H groups in total. The summed E-state index contributed by atoms with van der Waals surface area (Å²) in [6, 6.07) is 8.62. The average molecular weight is 447 g/mol. The molecule has 6 nitrogen and oxygen atoms in total. The van der Waals surface area contributed by atoms with Crippen molar-refractivity contribution in [2.24, 2.45) is 0 Å². The lowest BCUT2D eigenvalue weighted by Crippen LogP contribution is -2.16. The number of rotatable bonds is 6. The van der Waals surface area contributed by atoms with Crippen LogP contribution in [0.5, 0.6) is 0 Å². The molecule has 0 spiro atoms. The molecule has 0 radical (unpaired) electrons. The van der Waals surface area contributed by atoms with Gasteiger partial charge in [-0.2, -0.15) is 13.2 Å². The number of pyridine rings is 1. The Balaban J connectivity index is 2.22. The third-order valence-corrected chi connectivity index (χ3v) is 6.42. The first-order valence-electron chi connectivity index (χ1n) is 8.32. The molecule has 0 atom stereocenters. The molecule has 0 aliphatic carbocycles. The van der Waals surface area contributed by atoms with Crippen LogP contribution in [0.2, 0.25) is 5.02 Å². The number of aliphatic carboxylic acids is 1. The molecule has 0 saturated heterocycles. The van der Waals surface area contributed by atoms with E-state index in [1.807, 2.05) is 0 Å². The maximum atomic E-state index is 13.2. The standard InChI is InChI=1S/C18H14ClF3N2O4S/c19-12-5-1-2-6-15(12)29(27,28)24-11(4-3-7-17(25)26)10-13-14(24)8-9-16(23-13)18(20,21)22/h1-2,5-6,8-10H,3-4,7H2,(H,25,26). The van der Waals surface area contributed by atoms with Gasteiger partial charge in [0.25, 0.3) is 10.0 Å². The predicted molar refractivity (Wildman–Crippen MR) is 99.3 cm³/mol. The Morgan fingerprint density at radius 2 is 1.86 bits per heavy atom. The summed E-state index contributed by atoms with van der Waals surface area (Å²) >= 11 is 6.03. The smallest absolute Gasteiger partial charge is 0.433 e. The van der Waals surface area contributed by atoms with Gasteiger partial charge in [0.2, 0.25) is 0 Å². The van der Waals surface area contributed by atoms with Crippen LogP contribution in [-0.4, -0.2) is 28.5 Å². The average Bonchev–Trinajstić information content (AvgIpc) is 2.99. The Morgan fingerprint density at radius 1 is 1.17 bits per heavy atom. The summed E-state index contributed by atoms with van der Waals surface area (Å²) in [5.41, 5.74) is -1.26. The van der Waals surface area contributed by atoms with E-state index in [1.165, 1.54) is 24.3 Å². The molecule has 2 aromatic heterocycles. The summed E-state index contributed by atoms with van der Waals surface area (Å²) in [5.74, 6) is -1.07. The van der Waals surface area contributed by atoms with Crippen molar-refractivity contribution in [2.75, 3.05) is 0 Å². The second kappa shape index (κ2) is 7.68. The minimum absolute atomic E-state index is 0.00763. The van der Waals surface area contributed by atoms with E-state index in [-0.39, 0.29) is 45.9 Å². The third-order valence-electron chi connectivity index (χ3n) is 4.15. The van der Waals surface area contributed by atoms with E-state index < -0.39 is 27.9 Å². The van der Waals surface area contributed by atoms with Gasteiger partial charge in [-0.1, -0.05) is 23.7 Å². The van der Waals surface area contributed by atoms with Crippen LogP contribution in [0.1, 0.15) is 24.2 Å². The van der Waals surface area contributed by atoms with Crippen molar-refractivity contribution < 1.29 is 31.5 Å². The normalized spacial score (nSPS) is 12.4. The van der Waals surface area contributed by atoms with Crippen LogP contribution in [0.15, 0.2) is 47.4 Å². The summed E-state index contributed by atoms with van der Waals surface area (Å²) in [5, 5.41) is 8.77. The molecule has 0 amide bonds. The highest BCUT2D eigenvalue weighted by molar-refractivity contribution is 7.90. The Labute approximate surface area is 168 Å². The molecule has 3 rings (SSSR count). The molecule has 2 heterocycles. The van der Waals surface area contributed by atoms with Gasteiger partial charge < -0.3 is 5.11 Å². The zero-order valence-corrected chi connectivity index (χ0v) is 16.2. The molecule has 0 aliphatic heterocycles. The summed E-state index contributed by atoms with van der Waals surface area (Å²) in [7, 11) is -4.27. The molecule has 0 saturated carbocycles. The summed E-state index contributed by atoms with van der Waals surface area (Å²) in [6.45, 7) is 0. The molecule has 0 fully saturated rings. The fourth-order valence-electron chi connectivity index (χ4n) is 2.91. The number of carboxylic acid groups (broad SMARTS) is 1. The fraction of sp³-hybridized carbons (Fsp3) is 0.222. The first kappa shape index (κ1) is 21.1. The van der Waals surface area contributed by atoms with Crippen LogP contribution < -0.4 is 0 Å². The lowest BCUT2D eigenvalue weighted by Gasteiger charge is -2.13. The molecule has 1 aromatic carbocycles. The molecule has 154 valence electrons. The number of benzene rings is 1. The molecule has 0 bridgehead atoms. The minimum atomic E-state index is -4.69. The second-order valence-electron chi connectivity index (χ2n) is 6.18. The number of nitrogens with zero attached hydrogens (tertiary/aromatic N) is 2. The zero-order valence-electron chi connectivity index (χ0n) is 14.6. The van der Waals surface area contributed by atoms with Crippen molar-refractivity contribution in [1.82, 2.24) is 8.96 Å². The number of hydrogen-bond donors (Lipinski definition) is 1. The number of halogens is 4. The highest BCUT2D eigenvalue weighted by Gasteiger charge is 2.33. The molecule has 0 aliphatic rings. The largest absolute Gasteiger partial charge is 0.481 e. The van der Waals surface area contributed by atoms with E-state index in [4.69, 9.17) is 16.7 Å². The van der Waals surface area contributed by atoms with E-state index in [2.05, 4.69) is 4.98 Å².